The summed E-state index contributed by atoms with van der Waals surface area (Å²) in [5.74, 6) is 0.199. The van der Waals surface area contributed by atoms with Gasteiger partial charge in [-0.1, -0.05) is 19.9 Å². The standard InChI is InChI=1S/C19H24N2O3S/c1-13(2)12-20-19(22)16-6-8-17(9-7-16)21-25(23,24)18-10-5-14(3)15(4)11-18/h5-11,13,21H,12H2,1-4H3,(H,20,22). The average Bonchev–Trinajstić information content (AvgIpc) is 2.55. The van der Waals surface area contributed by atoms with Crippen LogP contribution in [0.15, 0.2) is 47.4 Å². The predicted octanol–water partition coefficient (Wildman–Crippen LogP) is 3.49. The van der Waals surface area contributed by atoms with Crippen LogP contribution in [-0.4, -0.2) is 20.9 Å². The Bertz CT molecular complexity index is 857. The summed E-state index contributed by atoms with van der Waals surface area (Å²) in [7, 11) is -3.66. The number of anilines is 1. The van der Waals surface area contributed by atoms with Gasteiger partial charge in [0.1, 0.15) is 0 Å². The number of hydrogen-bond donors (Lipinski definition) is 2. The van der Waals surface area contributed by atoms with Crippen LogP contribution >= 0.6 is 0 Å². The van der Waals surface area contributed by atoms with Crippen molar-refractivity contribution in [3.05, 3.63) is 59.2 Å². The fraction of sp³-hybridized carbons (Fsp3) is 0.316. The number of amides is 1. The molecule has 2 aromatic carbocycles. The maximum atomic E-state index is 12.5. The van der Waals surface area contributed by atoms with Gasteiger partial charge in [-0.25, -0.2) is 8.42 Å². The molecule has 0 aromatic heterocycles. The number of carbonyl (C=O) groups excluding carboxylic acids is 1. The highest BCUT2D eigenvalue weighted by Gasteiger charge is 2.15. The molecule has 5 nitrogen and oxygen atoms in total. The van der Waals surface area contributed by atoms with E-state index in [4.69, 9.17) is 0 Å². The first-order valence-corrected chi connectivity index (χ1v) is 9.65. The fourth-order valence-electron chi connectivity index (χ4n) is 2.18. The molecule has 0 spiro atoms. The van der Waals surface area contributed by atoms with Crippen LogP contribution in [0.4, 0.5) is 5.69 Å². The van der Waals surface area contributed by atoms with E-state index in [0.29, 0.717) is 23.7 Å². The number of benzene rings is 2. The van der Waals surface area contributed by atoms with Crippen molar-refractivity contribution >= 4 is 21.6 Å². The molecule has 134 valence electrons. The van der Waals surface area contributed by atoms with Crippen molar-refractivity contribution in [1.29, 1.82) is 0 Å². The normalized spacial score (nSPS) is 11.4. The van der Waals surface area contributed by atoms with E-state index in [0.717, 1.165) is 11.1 Å². The third-order valence-electron chi connectivity index (χ3n) is 3.86. The first kappa shape index (κ1) is 19.0. The SMILES string of the molecule is Cc1ccc(S(=O)(=O)Nc2ccc(C(=O)NCC(C)C)cc2)cc1C. The van der Waals surface area contributed by atoms with Crippen molar-refractivity contribution < 1.29 is 13.2 Å². The van der Waals surface area contributed by atoms with Gasteiger partial charge in [0.05, 0.1) is 4.90 Å². The summed E-state index contributed by atoms with van der Waals surface area (Å²) < 4.78 is 27.5. The molecule has 0 heterocycles. The molecule has 2 rings (SSSR count). The largest absolute Gasteiger partial charge is 0.352 e. The first-order valence-electron chi connectivity index (χ1n) is 8.17. The summed E-state index contributed by atoms with van der Waals surface area (Å²) in [5, 5.41) is 2.83. The van der Waals surface area contributed by atoms with Gasteiger partial charge >= 0.3 is 0 Å². The van der Waals surface area contributed by atoms with Crippen molar-refractivity contribution in [2.24, 2.45) is 5.92 Å². The lowest BCUT2D eigenvalue weighted by molar-refractivity contribution is 0.0949. The summed E-state index contributed by atoms with van der Waals surface area (Å²) in [6.07, 6.45) is 0. The molecule has 0 saturated heterocycles. The molecule has 0 aliphatic carbocycles. The third-order valence-corrected chi connectivity index (χ3v) is 5.24. The maximum Gasteiger partial charge on any atom is 0.261 e. The Kier molecular flexibility index (Phi) is 5.85. The van der Waals surface area contributed by atoms with Crippen molar-refractivity contribution in [3.8, 4) is 0 Å². The van der Waals surface area contributed by atoms with Gasteiger partial charge in [0, 0.05) is 17.8 Å². The lowest BCUT2D eigenvalue weighted by Crippen LogP contribution is -2.27. The van der Waals surface area contributed by atoms with Crippen molar-refractivity contribution in [3.63, 3.8) is 0 Å². The van der Waals surface area contributed by atoms with Crippen molar-refractivity contribution in [2.75, 3.05) is 11.3 Å². The van der Waals surface area contributed by atoms with E-state index in [1.165, 1.54) is 0 Å². The van der Waals surface area contributed by atoms with Gasteiger partial charge < -0.3 is 5.32 Å². The minimum Gasteiger partial charge on any atom is -0.352 e. The Balaban J connectivity index is 2.12. The summed E-state index contributed by atoms with van der Waals surface area (Å²) in [5.41, 5.74) is 2.86. The van der Waals surface area contributed by atoms with Gasteiger partial charge in [-0.05, 0) is 67.3 Å². The lowest BCUT2D eigenvalue weighted by atomic mass is 10.1. The Hall–Kier alpha value is -2.34. The highest BCUT2D eigenvalue weighted by molar-refractivity contribution is 7.92. The second kappa shape index (κ2) is 7.70. The molecule has 0 aliphatic heterocycles. The number of sulfonamides is 1. The van der Waals surface area contributed by atoms with Crippen LogP contribution in [0.5, 0.6) is 0 Å². The quantitative estimate of drug-likeness (QED) is 0.828. The number of carbonyl (C=O) groups is 1. The zero-order valence-electron chi connectivity index (χ0n) is 15.0. The molecular weight excluding hydrogens is 336 g/mol. The number of rotatable bonds is 6. The zero-order chi connectivity index (χ0) is 18.6. The second-order valence-electron chi connectivity index (χ2n) is 6.53. The molecule has 0 saturated carbocycles. The Morgan fingerprint density at radius 1 is 1.00 bits per heavy atom. The maximum absolute atomic E-state index is 12.5. The molecule has 0 bridgehead atoms. The molecule has 25 heavy (non-hydrogen) atoms. The van der Waals surface area contributed by atoms with Gasteiger partial charge in [-0.3, -0.25) is 9.52 Å². The van der Waals surface area contributed by atoms with Crippen LogP contribution in [0.1, 0.15) is 35.3 Å². The number of nitrogens with one attached hydrogen (secondary N) is 2. The minimum atomic E-state index is -3.66. The molecule has 0 aliphatic rings. The number of aryl methyl sites for hydroxylation is 2. The van der Waals surface area contributed by atoms with Crippen LogP contribution in [0.25, 0.3) is 0 Å². The van der Waals surface area contributed by atoms with Gasteiger partial charge in [0.25, 0.3) is 15.9 Å². The topological polar surface area (TPSA) is 75.3 Å². The molecule has 0 atom stereocenters. The van der Waals surface area contributed by atoms with Crippen molar-refractivity contribution in [1.82, 2.24) is 5.32 Å². The van der Waals surface area contributed by atoms with Crippen LogP contribution in [0, 0.1) is 19.8 Å². The van der Waals surface area contributed by atoms with Crippen molar-refractivity contribution in [2.45, 2.75) is 32.6 Å². The van der Waals surface area contributed by atoms with E-state index in [9.17, 15) is 13.2 Å². The summed E-state index contributed by atoms with van der Waals surface area (Å²) >= 11 is 0. The van der Waals surface area contributed by atoms with E-state index in [1.54, 1.807) is 42.5 Å². The summed E-state index contributed by atoms with van der Waals surface area (Å²) in [4.78, 5) is 12.2. The lowest BCUT2D eigenvalue weighted by Gasteiger charge is -2.11. The molecule has 0 fully saturated rings. The van der Waals surface area contributed by atoms with Gasteiger partial charge in [-0.15, -0.1) is 0 Å². The zero-order valence-corrected chi connectivity index (χ0v) is 15.8. The molecule has 1 amide bonds. The second-order valence-corrected chi connectivity index (χ2v) is 8.22. The molecule has 0 unspecified atom stereocenters. The molecule has 2 aromatic rings. The Labute approximate surface area is 149 Å². The van der Waals surface area contributed by atoms with Gasteiger partial charge in [-0.2, -0.15) is 0 Å². The average molecular weight is 360 g/mol. The van der Waals surface area contributed by atoms with Crippen LogP contribution < -0.4 is 10.0 Å². The number of hydrogen-bond acceptors (Lipinski definition) is 3. The van der Waals surface area contributed by atoms with Gasteiger partial charge in [0.2, 0.25) is 0 Å². The minimum absolute atomic E-state index is 0.169. The van der Waals surface area contributed by atoms with E-state index >= 15 is 0 Å². The molecule has 6 heteroatoms. The Morgan fingerprint density at radius 3 is 2.20 bits per heavy atom. The molecule has 0 radical (unpaired) electrons. The predicted molar refractivity (Wildman–Crippen MR) is 100 cm³/mol. The van der Waals surface area contributed by atoms with Crippen LogP contribution in [0.2, 0.25) is 0 Å². The Morgan fingerprint density at radius 2 is 1.64 bits per heavy atom. The highest BCUT2D eigenvalue weighted by atomic mass is 32.2. The van der Waals surface area contributed by atoms with Crippen LogP contribution in [0.3, 0.4) is 0 Å². The smallest absolute Gasteiger partial charge is 0.261 e. The third kappa shape index (κ3) is 5.06. The van der Waals surface area contributed by atoms with Crippen LogP contribution in [-0.2, 0) is 10.0 Å². The first-order chi connectivity index (χ1) is 11.7. The monoisotopic (exact) mass is 360 g/mol. The fourth-order valence-corrected chi connectivity index (χ4v) is 3.33. The molecular formula is C19H24N2O3S. The molecule has 2 N–H and O–H groups in total. The van der Waals surface area contributed by atoms with E-state index < -0.39 is 10.0 Å². The van der Waals surface area contributed by atoms with E-state index in [1.807, 2.05) is 27.7 Å². The van der Waals surface area contributed by atoms with E-state index in [2.05, 4.69) is 10.0 Å². The van der Waals surface area contributed by atoms with Gasteiger partial charge in [0.15, 0.2) is 0 Å². The van der Waals surface area contributed by atoms with E-state index in [-0.39, 0.29) is 10.8 Å². The summed E-state index contributed by atoms with van der Waals surface area (Å²) in [6.45, 7) is 8.44. The summed E-state index contributed by atoms with van der Waals surface area (Å²) in [6, 6.07) is 11.4. The highest BCUT2D eigenvalue weighted by Crippen LogP contribution is 2.19.